The molecule has 1 aliphatic rings. The van der Waals surface area contributed by atoms with Gasteiger partial charge in [0.05, 0.1) is 10.4 Å². The van der Waals surface area contributed by atoms with Gasteiger partial charge in [-0.05, 0) is 43.2 Å². The Morgan fingerprint density at radius 2 is 1.79 bits per heavy atom. The van der Waals surface area contributed by atoms with Gasteiger partial charge in [-0.15, -0.1) is 0 Å². The minimum absolute atomic E-state index is 0.0608. The molecule has 1 N–H and O–H groups in total. The minimum Gasteiger partial charge on any atom is -0.356 e. The second-order valence-electron chi connectivity index (χ2n) is 7.25. The summed E-state index contributed by atoms with van der Waals surface area (Å²) in [7, 11) is -3.31. The van der Waals surface area contributed by atoms with Crippen LogP contribution in [-0.4, -0.2) is 49.7 Å². The Morgan fingerprint density at radius 1 is 1.07 bits per heavy atom. The summed E-state index contributed by atoms with van der Waals surface area (Å²) >= 11 is 0. The predicted octanol–water partition coefficient (Wildman–Crippen LogP) is 2.43. The predicted molar refractivity (Wildman–Crippen MR) is 112 cm³/mol. The summed E-state index contributed by atoms with van der Waals surface area (Å²) in [5.74, 6) is 0.669. The number of anilines is 1. The molecule has 29 heavy (non-hydrogen) atoms. The highest BCUT2D eigenvalue weighted by molar-refractivity contribution is 7.90. The third-order valence-electron chi connectivity index (χ3n) is 5.18. The minimum atomic E-state index is -3.31. The van der Waals surface area contributed by atoms with Crippen molar-refractivity contribution in [1.82, 2.24) is 15.3 Å². The van der Waals surface area contributed by atoms with Gasteiger partial charge in [0.25, 0.3) is 5.91 Å². The highest BCUT2D eigenvalue weighted by atomic mass is 32.2. The van der Waals surface area contributed by atoms with Crippen molar-refractivity contribution in [3.8, 4) is 0 Å². The Kier molecular flexibility index (Phi) is 5.19. The number of fused-ring (bicyclic) bond motifs is 1. The van der Waals surface area contributed by atoms with Crippen molar-refractivity contribution in [2.75, 3.05) is 24.2 Å². The average Bonchev–Trinajstić information content (AvgIpc) is 2.73. The molecule has 0 unspecified atom stereocenters. The molecule has 1 aromatic heterocycles. The van der Waals surface area contributed by atoms with Crippen LogP contribution in [0.25, 0.3) is 10.9 Å². The van der Waals surface area contributed by atoms with Crippen molar-refractivity contribution in [3.63, 3.8) is 0 Å². The number of benzene rings is 2. The molecule has 0 atom stereocenters. The van der Waals surface area contributed by atoms with E-state index in [4.69, 9.17) is 0 Å². The van der Waals surface area contributed by atoms with Gasteiger partial charge in [0.2, 0.25) is 0 Å². The first kappa shape index (κ1) is 19.3. The molecule has 1 aliphatic heterocycles. The Morgan fingerprint density at radius 3 is 2.48 bits per heavy atom. The third-order valence-corrected chi connectivity index (χ3v) is 6.29. The summed E-state index contributed by atoms with van der Waals surface area (Å²) in [5.41, 5.74) is 1.37. The van der Waals surface area contributed by atoms with Crippen LogP contribution >= 0.6 is 0 Å². The molecule has 0 saturated carbocycles. The lowest BCUT2D eigenvalue weighted by Gasteiger charge is -2.33. The Bertz CT molecular complexity index is 1140. The van der Waals surface area contributed by atoms with E-state index in [0.29, 0.717) is 11.1 Å². The van der Waals surface area contributed by atoms with Crippen LogP contribution in [0.3, 0.4) is 0 Å². The van der Waals surface area contributed by atoms with Gasteiger partial charge in [-0.2, -0.15) is 0 Å². The normalized spacial score (nSPS) is 15.4. The molecule has 0 bridgehead atoms. The van der Waals surface area contributed by atoms with Crippen molar-refractivity contribution in [2.45, 2.75) is 23.8 Å². The van der Waals surface area contributed by atoms with Crippen LogP contribution in [0.15, 0.2) is 59.8 Å². The maximum atomic E-state index is 12.4. The van der Waals surface area contributed by atoms with Gasteiger partial charge < -0.3 is 10.2 Å². The van der Waals surface area contributed by atoms with Crippen molar-refractivity contribution >= 4 is 32.5 Å². The van der Waals surface area contributed by atoms with Crippen LogP contribution in [0.1, 0.15) is 23.2 Å². The highest BCUT2D eigenvalue weighted by Gasteiger charge is 2.23. The zero-order valence-electron chi connectivity index (χ0n) is 16.1. The lowest BCUT2D eigenvalue weighted by atomic mass is 10.0. The van der Waals surface area contributed by atoms with Crippen LogP contribution in [-0.2, 0) is 9.84 Å². The number of hydrogen-bond donors (Lipinski definition) is 1. The molecule has 150 valence electrons. The summed E-state index contributed by atoms with van der Waals surface area (Å²) in [5, 5.41) is 3.82. The van der Waals surface area contributed by atoms with E-state index in [-0.39, 0.29) is 16.8 Å². The number of nitrogens with zero attached hydrogens (tertiary/aromatic N) is 3. The van der Waals surface area contributed by atoms with Crippen LogP contribution in [0, 0.1) is 0 Å². The fraction of sp³-hybridized carbons (Fsp3) is 0.286. The monoisotopic (exact) mass is 410 g/mol. The van der Waals surface area contributed by atoms with Crippen molar-refractivity contribution < 1.29 is 13.2 Å². The van der Waals surface area contributed by atoms with E-state index in [1.54, 1.807) is 30.3 Å². The highest BCUT2D eigenvalue weighted by Crippen LogP contribution is 2.28. The van der Waals surface area contributed by atoms with Crippen LogP contribution in [0.5, 0.6) is 0 Å². The molecule has 1 amide bonds. The molecule has 2 heterocycles. The molecule has 0 radical (unpaired) electrons. The van der Waals surface area contributed by atoms with E-state index >= 15 is 0 Å². The van der Waals surface area contributed by atoms with Crippen molar-refractivity contribution in [2.24, 2.45) is 0 Å². The van der Waals surface area contributed by atoms with E-state index in [1.807, 2.05) is 18.2 Å². The standard InChI is InChI=1S/C21H22N4O3S/c1-29(27,28)17-7-8-19-18(13-17)20(23-14-22-19)25-11-9-16(10-12-25)24-21(26)15-5-3-2-4-6-15/h2-8,13-14,16H,9-12H2,1H3,(H,24,26). The fourth-order valence-electron chi connectivity index (χ4n) is 3.60. The van der Waals surface area contributed by atoms with Gasteiger partial charge in [0.1, 0.15) is 12.1 Å². The molecule has 7 nitrogen and oxygen atoms in total. The van der Waals surface area contributed by atoms with Gasteiger partial charge in [0, 0.05) is 36.3 Å². The summed E-state index contributed by atoms with van der Waals surface area (Å²) in [6.07, 6.45) is 4.27. The molecular formula is C21H22N4O3S. The zero-order valence-corrected chi connectivity index (χ0v) is 16.9. The number of aromatic nitrogens is 2. The second-order valence-corrected chi connectivity index (χ2v) is 9.26. The smallest absolute Gasteiger partial charge is 0.251 e. The van der Waals surface area contributed by atoms with E-state index in [0.717, 1.165) is 37.1 Å². The number of piperidine rings is 1. The van der Waals surface area contributed by atoms with E-state index in [2.05, 4.69) is 20.2 Å². The Labute approximate surface area is 169 Å². The lowest BCUT2D eigenvalue weighted by molar-refractivity contribution is 0.0931. The molecule has 2 aromatic carbocycles. The fourth-order valence-corrected chi connectivity index (χ4v) is 4.25. The molecule has 4 rings (SSSR count). The topological polar surface area (TPSA) is 92.3 Å². The summed E-state index contributed by atoms with van der Waals surface area (Å²) in [6.45, 7) is 1.43. The molecule has 1 fully saturated rings. The van der Waals surface area contributed by atoms with Gasteiger partial charge in [-0.1, -0.05) is 18.2 Å². The van der Waals surface area contributed by atoms with E-state index < -0.39 is 9.84 Å². The Balaban J connectivity index is 1.50. The second kappa shape index (κ2) is 7.79. The van der Waals surface area contributed by atoms with Gasteiger partial charge in [0.15, 0.2) is 9.84 Å². The van der Waals surface area contributed by atoms with E-state index in [9.17, 15) is 13.2 Å². The lowest BCUT2D eigenvalue weighted by Crippen LogP contribution is -2.45. The number of carbonyl (C=O) groups is 1. The molecule has 8 heteroatoms. The molecule has 1 saturated heterocycles. The summed E-state index contributed by atoms with van der Waals surface area (Å²) < 4.78 is 23.9. The first-order chi connectivity index (χ1) is 13.9. The summed E-state index contributed by atoms with van der Waals surface area (Å²) in [6, 6.07) is 14.2. The number of amides is 1. The SMILES string of the molecule is CS(=O)(=O)c1ccc2ncnc(N3CCC(NC(=O)c4ccccc4)CC3)c2c1. The summed E-state index contributed by atoms with van der Waals surface area (Å²) in [4.78, 5) is 23.4. The van der Waals surface area contributed by atoms with E-state index in [1.165, 1.54) is 12.6 Å². The van der Waals surface area contributed by atoms with Gasteiger partial charge in [-0.25, -0.2) is 18.4 Å². The zero-order chi connectivity index (χ0) is 20.4. The van der Waals surface area contributed by atoms with Crippen molar-refractivity contribution in [3.05, 3.63) is 60.4 Å². The molecule has 0 aliphatic carbocycles. The average molecular weight is 410 g/mol. The first-order valence-corrected chi connectivity index (χ1v) is 11.4. The molecule has 0 spiro atoms. The molecule has 3 aromatic rings. The maximum absolute atomic E-state index is 12.4. The number of hydrogen-bond acceptors (Lipinski definition) is 6. The van der Waals surface area contributed by atoms with Crippen LogP contribution < -0.4 is 10.2 Å². The van der Waals surface area contributed by atoms with Crippen molar-refractivity contribution in [1.29, 1.82) is 0 Å². The number of nitrogens with one attached hydrogen (secondary N) is 1. The van der Waals surface area contributed by atoms with Gasteiger partial charge >= 0.3 is 0 Å². The Hall–Kier alpha value is -3.00. The largest absolute Gasteiger partial charge is 0.356 e. The third kappa shape index (κ3) is 4.22. The maximum Gasteiger partial charge on any atom is 0.251 e. The quantitative estimate of drug-likeness (QED) is 0.710. The van der Waals surface area contributed by atoms with Crippen LogP contribution in [0.4, 0.5) is 5.82 Å². The van der Waals surface area contributed by atoms with Crippen LogP contribution in [0.2, 0.25) is 0 Å². The number of rotatable bonds is 4. The molecular weight excluding hydrogens is 388 g/mol. The number of carbonyl (C=O) groups excluding carboxylic acids is 1. The first-order valence-electron chi connectivity index (χ1n) is 9.47. The van der Waals surface area contributed by atoms with Gasteiger partial charge in [-0.3, -0.25) is 4.79 Å². The number of sulfone groups is 1.